The van der Waals surface area contributed by atoms with Gasteiger partial charge in [-0.25, -0.2) is 4.98 Å². The number of nitriles is 1. The number of aryl methyl sites for hydroxylation is 1. The van der Waals surface area contributed by atoms with Crippen LogP contribution in [0.15, 0.2) is 55.0 Å². The molecular weight excluding hydrogens is 462 g/mol. The molecule has 7 heteroatoms. The zero-order valence-corrected chi connectivity index (χ0v) is 22.0. The van der Waals surface area contributed by atoms with E-state index in [4.69, 9.17) is 4.74 Å². The smallest absolute Gasteiger partial charge is 0.232 e. The molecule has 2 atom stereocenters. The molecule has 0 unspecified atom stereocenters. The minimum atomic E-state index is -0.554. The molecule has 0 bridgehead atoms. The van der Waals surface area contributed by atoms with Gasteiger partial charge < -0.3 is 19.5 Å². The van der Waals surface area contributed by atoms with Gasteiger partial charge in [0.05, 0.1) is 34.7 Å². The summed E-state index contributed by atoms with van der Waals surface area (Å²) in [4.78, 5) is 19.7. The Hall–Kier alpha value is -3.63. The molecule has 0 aliphatic carbocycles. The minimum Gasteiger partial charge on any atom is -0.456 e. The van der Waals surface area contributed by atoms with Gasteiger partial charge in [0.25, 0.3) is 0 Å². The number of carbonyl (C=O) groups is 1. The van der Waals surface area contributed by atoms with Crippen LogP contribution in [0.1, 0.15) is 67.8 Å². The van der Waals surface area contributed by atoms with E-state index in [1.54, 1.807) is 0 Å². The highest BCUT2D eigenvalue weighted by molar-refractivity contribution is 5.88. The predicted molar refractivity (Wildman–Crippen MR) is 142 cm³/mol. The van der Waals surface area contributed by atoms with Gasteiger partial charge in [-0.2, -0.15) is 5.26 Å². The molecule has 2 aromatic carbocycles. The highest BCUT2D eigenvalue weighted by Gasteiger charge is 2.42. The van der Waals surface area contributed by atoms with Crippen LogP contribution in [0.3, 0.4) is 0 Å². The van der Waals surface area contributed by atoms with Gasteiger partial charge in [-0.3, -0.25) is 4.79 Å². The lowest BCUT2D eigenvalue weighted by atomic mass is 9.73. The van der Waals surface area contributed by atoms with Crippen LogP contribution in [0.2, 0.25) is 0 Å². The zero-order chi connectivity index (χ0) is 26.0. The molecule has 5 rings (SSSR count). The average molecular weight is 498 g/mol. The molecule has 7 nitrogen and oxygen atoms in total. The molecule has 3 heterocycles. The van der Waals surface area contributed by atoms with E-state index in [9.17, 15) is 10.1 Å². The molecule has 192 valence electrons. The van der Waals surface area contributed by atoms with Crippen LogP contribution in [0, 0.1) is 11.3 Å². The Morgan fingerprint density at radius 2 is 1.97 bits per heavy atom. The number of benzene rings is 2. The molecule has 37 heavy (non-hydrogen) atoms. The number of ether oxygens (including phenoxy) is 1. The Bertz CT molecular complexity index is 1330. The summed E-state index contributed by atoms with van der Waals surface area (Å²) in [6.45, 7) is 3.79. The number of amides is 1. The summed E-state index contributed by atoms with van der Waals surface area (Å²) >= 11 is 0. The number of rotatable bonds is 6. The first-order chi connectivity index (χ1) is 17.9. The molecule has 1 aromatic heterocycles. The summed E-state index contributed by atoms with van der Waals surface area (Å²) in [5.41, 5.74) is 2.64. The Morgan fingerprint density at radius 3 is 2.68 bits per heavy atom. The maximum Gasteiger partial charge on any atom is 0.232 e. The minimum absolute atomic E-state index is 0.176. The van der Waals surface area contributed by atoms with Gasteiger partial charge in [0, 0.05) is 20.6 Å². The lowest BCUT2D eigenvalue weighted by molar-refractivity contribution is -0.135. The molecule has 0 saturated carbocycles. The SMILES string of the molecule is CC[C@@]1(c2cccc(Oc3cc([C@]4(c5cncn5C)CCCN4)ccc3C#N)c2)CCCCN(C)C1=O. The van der Waals surface area contributed by atoms with Crippen molar-refractivity contribution in [3.63, 3.8) is 0 Å². The zero-order valence-electron chi connectivity index (χ0n) is 22.0. The van der Waals surface area contributed by atoms with Gasteiger partial charge >= 0.3 is 0 Å². The highest BCUT2D eigenvalue weighted by Crippen LogP contribution is 2.42. The first kappa shape index (κ1) is 25.0. The molecule has 2 aliphatic rings. The maximum absolute atomic E-state index is 13.5. The Balaban J connectivity index is 1.53. The molecule has 0 spiro atoms. The summed E-state index contributed by atoms with van der Waals surface area (Å²) in [5.74, 6) is 1.32. The monoisotopic (exact) mass is 497 g/mol. The number of hydrogen-bond donors (Lipinski definition) is 1. The van der Waals surface area contributed by atoms with Crippen LogP contribution in [-0.4, -0.2) is 40.5 Å². The lowest BCUT2D eigenvalue weighted by Gasteiger charge is -2.33. The Kier molecular flexibility index (Phi) is 6.78. The fourth-order valence-corrected chi connectivity index (χ4v) is 6.22. The summed E-state index contributed by atoms with van der Waals surface area (Å²) < 4.78 is 8.46. The average Bonchev–Trinajstić information content (AvgIpc) is 3.55. The van der Waals surface area contributed by atoms with Crippen molar-refractivity contribution in [1.82, 2.24) is 19.8 Å². The molecule has 1 N–H and O–H groups in total. The quantitative estimate of drug-likeness (QED) is 0.518. The molecule has 3 aromatic rings. The lowest BCUT2D eigenvalue weighted by Crippen LogP contribution is -2.43. The highest BCUT2D eigenvalue weighted by atomic mass is 16.5. The van der Waals surface area contributed by atoms with Crippen molar-refractivity contribution in [3.05, 3.63) is 77.4 Å². The summed E-state index contributed by atoms with van der Waals surface area (Å²) in [5, 5.41) is 13.6. The third kappa shape index (κ3) is 4.30. The molecule has 0 radical (unpaired) electrons. The van der Waals surface area contributed by atoms with Crippen molar-refractivity contribution in [2.45, 2.75) is 56.4 Å². The van der Waals surface area contributed by atoms with Gasteiger partial charge in [-0.1, -0.05) is 31.5 Å². The van der Waals surface area contributed by atoms with Gasteiger partial charge in [-0.05, 0) is 74.0 Å². The number of carbonyl (C=O) groups excluding carboxylic acids is 1. The van der Waals surface area contributed by atoms with E-state index in [0.717, 1.165) is 68.4 Å². The fourth-order valence-electron chi connectivity index (χ4n) is 6.22. The van der Waals surface area contributed by atoms with Gasteiger partial charge in [0.15, 0.2) is 0 Å². The predicted octanol–water partition coefficient (Wildman–Crippen LogP) is 5.00. The van der Waals surface area contributed by atoms with Crippen molar-refractivity contribution in [2.75, 3.05) is 20.1 Å². The number of hydrogen-bond acceptors (Lipinski definition) is 5. The molecule has 1 amide bonds. The van der Waals surface area contributed by atoms with E-state index in [0.29, 0.717) is 17.1 Å². The van der Waals surface area contributed by atoms with Crippen LogP contribution >= 0.6 is 0 Å². The number of aromatic nitrogens is 2. The number of nitrogens with zero attached hydrogens (tertiary/aromatic N) is 4. The Labute approximate surface area is 219 Å². The summed E-state index contributed by atoms with van der Waals surface area (Å²) in [6.07, 6.45) is 9.30. The third-order valence-corrected chi connectivity index (χ3v) is 8.33. The van der Waals surface area contributed by atoms with Gasteiger partial charge in [0.2, 0.25) is 5.91 Å². The first-order valence-electron chi connectivity index (χ1n) is 13.2. The maximum atomic E-state index is 13.5. The normalized spacial score (nSPS) is 24.1. The van der Waals surface area contributed by atoms with Crippen molar-refractivity contribution in [3.8, 4) is 17.6 Å². The van der Waals surface area contributed by atoms with Crippen LogP contribution < -0.4 is 10.1 Å². The van der Waals surface area contributed by atoms with Crippen LogP contribution in [0.25, 0.3) is 0 Å². The second-order valence-corrected chi connectivity index (χ2v) is 10.4. The number of imidazole rings is 1. The van der Waals surface area contributed by atoms with E-state index < -0.39 is 5.41 Å². The number of likely N-dealkylation sites (tertiary alicyclic amines) is 1. The van der Waals surface area contributed by atoms with Crippen LogP contribution in [0.5, 0.6) is 11.5 Å². The molecule has 2 saturated heterocycles. The van der Waals surface area contributed by atoms with Gasteiger partial charge in [-0.15, -0.1) is 0 Å². The third-order valence-electron chi connectivity index (χ3n) is 8.33. The first-order valence-corrected chi connectivity index (χ1v) is 13.2. The number of nitrogens with one attached hydrogen (secondary N) is 1. The molecular formula is C30H35N5O2. The largest absolute Gasteiger partial charge is 0.456 e. The topological polar surface area (TPSA) is 83.2 Å². The summed E-state index contributed by atoms with van der Waals surface area (Å²) in [7, 11) is 3.91. The standard InChI is InChI=1S/C30H35N5O2/c1-4-29(13-5-6-16-34(2)28(29)36)23-9-7-10-25(17-23)37-26-18-24(12-11-22(26)19-31)30(14-8-15-33-30)27-20-32-21-35(27)3/h7,9-12,17-18,20-21,33H,4-6,8,13-16H2,1-3H3/t29-,30-/m0/s1. The van der Waals surface area contributed by atoms with E-state index in [1.165, 1.54) is 0 Å². The second kappa shape index (κ2) is 10.0. The van der Waals surface area contributed by atoms with Crippen LogP contribution in [-0.2, 0) is 22.8 Å². The van der Waals surface area contributed by atoms with Gasteiger partial charge in [0.1, 0.15) is 17.6 Å². The van der Waals surface area contributed by atoms with E-state index in [2.05, 4.69) is 23.3 Å². The fraction of sp³-hybridized carbons (Fsp3) is 0.433. The summed E-state index contributed by atoms with van der Waals surface area (Å²) in [6, 6.07) is 16.0. The van der Waals surface area contributed by atoms with Crippen molar-refractivity contribution < 1.29 is 9.53 Å². The molecule has 2 fully saturated rings. The van der Waals surface area contributed by atoms with Crippen molar-refractivity contribution in [1.29, 1.82) is 5.26 Å². The van der Waals surface area contributed by atoms with E-state index in [-0.39, 0.29) is 11.4 Å². The second-order valence-electron chi connectivity index (χ2n) is 10.4. The van der Waals surface area contributed by atoms with Crippen LogP contribution in [0.4, 0.5) is 0 Å². The van der Waals surface area contributed by atoms with E-state index in [1.807, 2.05) is 78.6 Å². The number of likely N-dealkylation sites (N-methyl/N-ethyl adjacent to an activating group) is 1. The van der Waals surface area contributed by atoms with E-state index >= 15 is 0 Å². The molecule has 2 aliphatic heterocycles. The van der Waals surface area contributed by atoms with Crippen molar-refractivity contribution in [2.24, 2.45) is 7.05 Å². The Morgan fingerprint density at radius 1 is 1.11 bits per heavy atom. The van der Waals surface area contributed by atoms with Crippen molar-refractivity contribution >= 4 is 5.91 Å².